The Bertz CT molecular complexity index is 1320. The maximum absolute atomic E-state index is 13.5. The highest BCUT2D eigenvalue weighted by Gasteiger charge is 2.48. The number of phenolic OH excluding ortho intramolecular Hbond substituents is 1. The molecule has 2 N–H and O–H groups in total. The van der Waals surface area contributed by atoms with Gasteiger partial charge in [0.1, 0.15) is 22.9 Å². The van der Waals surface area contributed by atoms with Gasteiger partial charge in [-0.05, 0) is 42.7 Å². The number of phenols is 1. The smallest absolute Gasteiger partial charge is 0.273 e. The first-order valence-electron chi connectivity index (χ1n) is 11.5. The lowest BCUT2D eigenvalue weighted by atomic mass is 9.95. The number of hydrogen-bond acceptors (Lipinski definition) is 6. The van der Waals surface area contributed by atoms with Crippen molar-refractivity contribution in [2.24, 2.45) is 0 Å². The molecule has 8 nitrogen and oxygen atoms in total. The molecule has 3 aromatic rings. The molecule has 5 rings (SSSR count). The topological polar surface area (TPSA) is 113 Å². The number of unbranched alkanes of at least 4 members (excludes halogenated alkanes) is 1. The molecule has 0 spiro atoms. The zero-order valence-corrected chi connectivity index (χ0v) is 19.7. The Kier molecular flexibility index (Phi) is 5.81. The van der Waals surface area contributed by atoms with E-state index in [1.165, 1.54) is 0 Å². The summed E-state index contributed by atoms with van der Waals surface area (Å²) in [6, 6.07) is 13.5. The van der Waals surface area contributed by atoms with E-state index in [1.807, 2.05) is 24.3 Å². The van der Waals surface area contributed by atoms with Crippen LogP contribution in [0.2, 0.25) is 0 Å². The Hall–Kier alpha value is -3.33. The van der Waals surface area contributed by atoms with Gasteiger partial charge in [-0.2, -0.15) is 5.10 Å². The highest BCUT2D eigenvalue weighted by atomic mass is 32.2. The van der Waals surface area contributed by atoms with Crippen LogP contribution in [-0.4, -0.2) is 58.7 Å². The number of para-hydroxylation sites is 1. The van der Waals surface area contributed by atoms with E-state index in [4.69, 9.17) is 4.74 Å². The summed E-state index contributed by atoms with van der Waals surface area (Å²) in [5, 5.41) is 17.7. The molecule has 2 aromatic carbocycles. The monoisotopic (exact) mass is 481 g/mol. The number of hydrogen-bond donors (Lipinski definition) is 2. The van der Waals surface area contributed by atoms with E-state index in [9.17, 15) is 18.3 Å². The van der Waals surface area contributed by atoms with E-state index in [0.29, 0.717) is 35.5 Å². The molecule has 0 saturated carbocycles. The van der Waals surface area contributed by atoms with Gasteiger partial charge in [-0.15, -0.1) is 0 Å². The number of carbonyl (C=O) groups excluding carboxylic acids is 1. The third-order valence-electron chi connectivity index (χ3n) is 6.53. The zero-order chi connectivity index (χ0) is 23.9. The second kappa shape index (κ2) is 8.79. The molecular formula is C25H27N3O5S. The summed E-state index contributed by atoms with van der Waals surface area (Å²) >= 11 is 0. The van der Waals surface area contributed by atoms with Crippen molar-refractivity contribution in [2.45, 2.75) is 38.3 Å². The number of aromatic amines is 1. The van der Waals surface area contributed by atoms with Crippen molar-refractivity contribution in [1.29, 1.82) is 0 Å². The van der Waals surface area contributed by atoms with Gasteiger partial charge in [0.05, 0.1) is 24.2 Å². The second-order valence-corrected chi connectivity index (χ2v) is 11.0. The number of H-pyrrole nitrogens is 1. The van der Waals surface area contributed by atoms with Crippen LogP contribution in [0, 0.1) is 0 Å². The van der Waals surface area contributed by atoms with Gasteiger partial charge in [-0.1, -0.05) is 37.6 Å². The van der Waals surface area contributed by atoms with Crippen LogP contribution in [0.1, 0.15) is 53.8 Å². The van der Waals surface area contributed by atoms with Crippen molar-refractivity contribution in [1.82, 2.24) is 15.1 Å². The van der Waals surface area contributed by atoms with Crippen LogP contribution in [0.15, 0.2) is 48.5 Å². The van der Waals surface area contributed by atoms with Gasteiger partial charge in [0, 0.05) is 17.2 Å². The van der Waals surface area contributed by atoms with Crippen LogP contribution >= 0.6 is 0 Å². The first-order chi connectivity index (χ1) is 16.4. The fourth-order valence-corrected chi connectivity index (χ4v) is 6.54. The highest BCUT2D eigenvalue weighted by molar-refractivity contribution is 7.91. The van der Waals surface area contributed by atoms with E-state index in [0.717, 1.165) is 24.2 Å². The molecule has 178 valence electrons. The predicted octanol–water partition coefficient (Wildman–Crippen LogP) is 3.69. The molecule has 9 heteroatoms. The van der Waals surface area contributed by atoms with Crippen molar-refractivity contribution in [3.05, 3.63) is 65.4 Å². The zero-order valence-electron chi connectivity index (χ0n) is 18.9. The van der Waals surface area contributed by atoms with Crippen LogP contribution in [0.25, 0.3) is 11.3 Å². The molecule has 1 fully saturated rings. The van der Waals surface area contributed by atoms with Crippen LogP contribution in [0.5, 0.6) is 11.5 Å². The fraction of sp³-hybridized carbons (Fsp3) is 0.360. The molecular weight excluding hydrogens is 454 g/mol. The number of ether oxygens (including phenoxy) is 1. The summed E-state index contributed by atoms with van der Waals surface area (Å²) in [7, 11) is -3.20. The van der Waals surface area contributed by atoms with Gasteiger partial charge >= 0.3 is 0 Å². The minimum atomic E-state index is -3.20. The van der Waals surface area contributed by atoms with Crippen LogP contribution in [0.3, 0.4) is 0 Å². The molecule has 1 amide bonds. The SMILES string of the molecule is CCCCOc1ccc(C2c3c(-c4ccccc4O)n[nH]c3C(=O)N2C2CCS(=O)(=O)C2)cc1. The number of benzene rings is 2. The quantitative estimate of drug-likeness (QED) is 0.498. The van der Waals surface area contributed by atoms with Crippen molar-refractivity contribution in [3.63, 3.8) is 0 Å². The Balaban J connectivity index is 1.59. The molecule has 0 aliphatic carbocycles. The van der Waals surface area contributed by atoms with Gasteiger partial charge in [0.15, 0.2) is 9.84 Å². The number of amides is 1. The van der Waals surface area contributed by atoms with Gasteiger partial charge in [0.2, 0.25) is 0 Å². The summed E-state index contributed by atoms with van der Waals surface area (Å²) in [6.45, 7) is 2.74. The molecule has 2 atom stereocenters. The lowest BCUT2D eigenvalue weighted by Gasteiger charge is -2.31. The third kappa shape index (κ3) is 3.94. The maximum atomic E-state index is 13.5. The molecule has 2 aliphatic heterocycles. The van der Waals surface area contributed by atoms with E-state index in [1.54, 1.807) is 29.2 Å². The Morgan fingerprint density at radius 3 is 2.62 bits per heavy atom. The second-order valence-electron chi connectivity index (χ2n) is 8.82. The Morgan fingerprint density at radius 2 is 1.94 bits per heavy atom. The maximum Gasteiger partial charge on any atom is 0.273 e. The minimum Gasteiger partial charge on any atom is -0.507 e. The van der Waals surface area contributed by atoms with Gasteiger partial charge in [0.25, 0.3) is 5.91 Å². The largest absolute Gasteiger partial charge is 0.507 e. The summed E-state index contributed by atoms with van der Waals surface area (Å²) in [5.41, 5.74) is 2.81. The number of fused-ring (bicyclic) bond motifs is 1. The standard InChI is InChI=1S/C25H27N3O5S/c1-2-3-13-33-18-10-8-16(9-11-18)24-21-22(19-6-4-5-7-20(19)29)26-27-23(21)25(30)28(24)17-12-14-34(31,32)15-17/h4-11,17,24,29H,2-3,12-15H2,1H3,(H,26,27). The molecule has 1 aromatic heterocycles. The van der Waals surface area contributed by atoms with E-state index < -0.39 is 21.9 Å². The molecule has 0 bridgehead atoms. The van der Waals surface area contributed by atoms with E-state index >= 15 is 0 Å². The van der Waals surface area contributed by atoms with E-state index in [2.05, 4.69) is 17.1 Å². The highest BCUT2D eigenvalue weighted by Crippen LogP contribution is 2.46. The number of sulfone groups is 1. The summed E-state index contributed by atoms with van der Waals surface area (Å²) in [4.78, 5) is 15.2. The Morgan fingerprint density at radius 1 is 1.18 bits per heavy atom. The normalized spacial score (nSPS) is 21.1. The van der Waals surface area contributed by atoms with Gasteiger partial charge in [-0.3, -0.25) is 9.89 Å². The molecule has 34 heavy (non-hydrogen) atoms. The number of aromatic hydroxyl groups is 1. The summed E-state index contributed by atoms with van der Waals surface area (Å²) in [6.07, 6.45) is 2.40. The molecule has 2 aliphatic rings. The van der Waals surface area contributed by atoms with Crippen LogP contribution < -0.4 is 4.74 Å². The van der Waals surface area contributed by atoms with Crippen molar-refractivity contribution >= 4 is 15.7 Å². The molecule has 2 unspecified atom stereocenters. The first kappa shape index (κ1) is 22.5. The van der Waals surface area contributed by atoms with Crippen molar-refractivity contribution < 1.29 is 23.1 Å². The summed E-state index contributed by atoms with van der Waals surface area (Å²) < 4.78 is 30.3. The average molecular weight is 482 g/mol. The van der Waals surface area contributed by atoms with Crippen LogP contribution in [0.4, 0.5) is 0 Å². The lowest BCUT2D eigenvalue weighted by Crippen LogP contribution is -2.40. The fourth-order valence-electron chi connectivity index (χ4n) is 4.82. The molecule has 3 heterocycles. The number of nitrogens with zero attached hydrogens (tertiary/aromatic N) is 2. The number of rotatable bonds is 7. The number of nitrogens with one attached hydrogen (secondary N) is 1. The third-order valence-corrected chi connectivity index (χ3v) is 8.28. The van der Waals surface area contributed by atoms with Crippen LogP contribution in [-0.2, 0) is 9.84 Å². The number of carbonyl (C=O) groups is 1. The summed E-state index contributed by atoms with van der Waals surface area (Å²) in [5.74, 6) is 0.530. The number of aromatic nitrogens is 2. The molecule has 0 radical (unpaired) electrons. The molecule has 1 saturated heterocycles. The minimum absolute atomic E-state index is 0.0585. The first-order valence-corrected chi connectivity index (χ1v) is 13.3. The van der Waals surface area contributed by atoms with Gasteiger partial charge < -0.3 is 14.7 Å². The van der Waals surface area contributed by atoms with Gasteiger partial charge in [-0.25, -0.2) is 8.42 Å². The predicted molar refractivity (Wildman–Crippen MR) is 128 cm³/mol. The van der Waals surface area contributed by atoms with E-state index in [-0.39, 0.29) is 23.2 Å². The average Bonchev–Trinajstić information content (AvgIpc) is 3.48. The van der Waals surface area contributed by atoms with Crippen molar-refractivity contribution in [3.8, 4) is 22.8 Å². The lowest BCUT2D eigenvalue weighted by molar-refractivity contribution is 0.0677. The Labute approximate surface area is 198 Å². The van der Waals surface area contributed by atoms with Crippen molar-refractivity contribution in [2.75, 3.05) is 18.1 Å².